The van der Waals surface area contributed by atoms with Crippen LogP contribution in [0.4, 0.5) is 0 Å². The lowest BCUT2D eigenvalue weighted by Crippen LogP contribution is -2.41. The van der Waals surface area contributed by atoms with Crippen molar-refractivity contribution in [1.29, 1.82) is 0 Å². The van der Waals surface area contributed by atoms with Gasteiger partial charge < -0.3 is 4.90 Å². The van der Waals surface area contributed by atoms with Crippen molar-refractivity contribution < 1.29 is 4.79 Å². The largest absolute Gasteiger partial charge is 0.342 e. The molecule has 5 rings (SSSR count). The highest BCUT2D eigenvalue weighted by molar-refractivity contribution is 5.82. The normalized spacial score (nSPS) is 24.4. The maximum Gasteiger partial charge on any atom is 0.226 e. The molecule has 0 unspecified atom stereocenters. The van der Waals surface area contributed by atoms with E-state index in [4.69, 9.17) is 0 Å². The van der Waals surface area contributed by atoms with Crippen LogP contribution in [-0.4, -0.2) is 43.9 Å². The Bertz CT molecular complexity index is 818. The van der Waals surface area contributed by atoms with Gasteiger partial charge in [-0.25, -0.2) is 0 Å². The van der Waals surface area contributed by atoms with E-state index in [1.165, 1.54) is 32.1 Å². The summed E-state index contributed by atoms with van der Waals surface area (Å²) in [5.41, 5.74) is 2.07. The SMILES string of the molecule is O=C([C@H]1CC12CCCCC2)N1CCC(Cn2cc(-c3ccccn3)nn2)CC1. The molecule has 1 aliphatic heterocycles. The molecule has 1 atom stereocenters. The van der Waals surface area contributed by atoms with Crippen LogP contribution in [-0.2, 0) is 11.3 Å². The molecule has 1 saturated heterocycles. The van der Waals surface area contributed by atoms with Crippen molar-refractivity contribution in [3.63, 3.8) is 0 Å². The number of likely N-dealkylation sites (tertiary alicyclic amines) is 1. The molecule has 2 aliphatic carbocycles. The van der Waals surface area contributed by atoms with Crippen LogP contribution in [0.15, 0.2) is 30.6 Å². The van der Waals surface area contributed by atoms with Crippen LogP contribution in [0.5, 0.6) is 0 Å². The number of amides is 1. The van der Waals surface area contributed by atoms with E-state index in [0.29, 0.717) is 23.2 Å². The first-order valence-electron chi connectivity index (χ1n) is 10.8. The van der Waals surface area contributed by atoms with E-state index in [1.807, 2.05) is 29.1 Å². The smallest absolute Gasteiger partial charge is 0.226 e. The Morgan fingerprint density at radius 2 is 1.93 bits per heavy atom. The van der Waals surface area contributed by atoms with Crippen molar-refractivity contribution in [2.45, 2.75) is 57.9 Å². The van der Waals surface area contributed by atoms with Crippen molar-refractivity contribution in [1.82, 2.24) is 24.9 Å². The summed E-state index contributed by atoms with van der Waals surface area (Å²) in [5, 5.41) is 8.54. The number of carbonyl (C=O) groups excluding carboxylic acids is 1. The summed E-state index contributed by atoms with van der Waals surface area (Å²) in [6.07, 6.45) is 13.6. The monoisotopic (exact) mass is 379 g/mol. The Morgan fingerprint density at radius 3 is 2.68 bits per heavy atom. The highest BCUT2D eigenvalue weighted by Gasteiger charge is 2.58. The average molecular weight is 380 g/mol. The maximum atomic E-state index is 13.0. The van der Waals surface area contributed by atoms with Gasteiger partial charge in [0.1, 0.15) is 5.69 Å². The van der Waals surface area contributed by atoms with Gasteiger partial charge in [-0.1, -0.05) is 30.5 Å². The third-order valence-corrected chi connectivity index (χ3v) is 7.17. The molecule has 6 heteroatoms. The molecular weight excluding hydrogens is 350 g/mol. The zero-order chi connectivity index (χ0) is 19.0. The molecule has 6 nitrogen and oxygen atoms in total. The molecule has 3 fully saturated rings. The molecule has 1 amide bonds. The van der Waals surface area contributed by atoms with E-state index >= 15 is 0 Å². The summed E-state index contributed by atoms with van der Waals surface area (Å²) in [5.74, 6) is 1.34. The number of nitrogens with zero attached hydrogens (tertiary/aromatic N) is 5. The Labute approximate surface area is 166 Å². The van der Waals surface area contributed by atoms with Crippen LogP contribution >= 0.6 is 0 Å². The van der Waals surface area contributed by atoms with E-state index in [2.05, 4.69) is 20.2 Å². The fraction of sp³-hybridized carbons (Fsp3) is 0.636. The zero-order valence-electron chi connectivity index (χ0n) is 16.5. The number of pyridine rings is 1. The standard InChI is InChI=1S/C22H29N5O/c28-21(18-14-22(18)9-3-1-4-10-22)26-12-7-17(8-13-26)15-27-16-20(24-25-27)19-6-2-5-11-23-19/h2,5-6,11,16-18H,1,3-4,7-10,12-15H2/t18-/m1/s1. The molecule has 1 spiro atoms. The van der Waals surface area contributed by atoms with E-state index in [1.54, 1.807) is 6.20 Å². The van der Waals surface area contributed by atoms with E-state index in [-0.39, 0.29) is 0 Å². The van der Waals surface area contributed by atoms with Gasteiger partial charge in [0, 0.05) is 31.7 Å². The van der Waals surface area contributed by atoms with E-state index in [9.17, 15) is 4.79 Å². The second-order valence-electron chi connectivity index (χ2n) is 8.99. The van der Waals surface area contributed by atoms with Crippen LogP contribution in [0, 0.1) is 17.3 Å². The first-order valence-corrected chi connectivity index (χ1v) is 10.8. The average Bonchev–Trinajstić information content (AvgIpc) is 3.22. The Morgan fingerprint density at radius 1 is 1.11 bits per heavy atom. The summed E-state index contributed by atoms with van der Waals surface area (Å²) >= 11 is 0. The summed E-state index contributed by atoms with van der Waals surface area (Å²) in [6, 6.07) is 5.82. The van der Waals surface area contributed by atoms with Crippen LogP contribution in [0.1, 0.15) is 51.4 Å². The zero-order valence-corrected chi connectivity index (χ0v) is 16.5. The molecule has 3 heterocycles. The number of hydrogen-bond acceptors (Lipinski definition) is 4. The van der Waals surface area contributed by atoms with Crippen molar-refractivity contribution in [2.24, 2.45) is 17.3 Å². The molecule has 0 radical (unpaired) electrons. The number of aromatic nitrogens is 4. The third kappa shape index (κ3) is 3.45. The van der Waals surface area contributed by atoms with Crippen molar-refractivity contribution in [3.8, 4) is 11.4 Å². The van der Waals surface area contributed by atoms with Gasteiger partial charge in [-0.3, -0.25) is 14.5 Å². The molecule has 28 heavy (non-hydrogen) atoms. The van der Waals surface area contributed by atoms with Gasteiger partial charge in [0.05, 0.1) is 11.9 Å². The van der Waals surface area contributed by atoms with Gasteiger partial charge >= 0.3 is 0 Å². The summed E-state index contributed by atoms with van der Waals surface area (Å²) in [6.45, 7) is 2.67. The molecule has 2 saturated carbocycles. The Balaban J connectivity index is 1.13. The van der Waals surface area contributed by atoms with Gasteiger partial charge in [0.15, 0.2) is 0 Å². The Kier molecular flexibility index (Phi) is 4.65. The molecule has 2 aromatic rings. The number of carbonyl (C=O) groups is 1. The van der Waals surface area contributed by atoms with Crippen molar-refractivity contribution in [3.05, 3.63) is 30.6 Å². The van der Waals surface area contributed by atoms with Gasteiger partial charge in [0.25, 0.3) is 0 Å². The molecular formula is C22H29N5O. The molecule has 0 aromatic carbocycles. The first-order chi connectivity index (χ1) is 13.7. The highest BCUT2D eigenvalue weighted by Crippen LogP contribution is 2.62. The van der Waals surface area contributed by atoms with Crippen LogP contribution in [0.2, 0.25) is 0 Å². The predicted octanol–water partition coefficient (Wildman–Crippen LogP) is 3.55. The lowest BCUT2D eigenvalue weighted by atomic mass is 9.84. The number of rotatable bonds is 4. The van der Waals surface area contributed by atoms with Crippen LogP contribution in [0.25, 0.3) is 11.4 Å². The second-order valence-corrected chi connectivity index (χ2v) is 8.99. The van der Waals surface area contributed by atoms with Crippen molar-refractivity contribution in [2.75, 3.05) is 13.1 Å². The van der Waals surface area contributed by atoms with Crippen LogP contribution < -0.4 is 0 Å². The van der Waals surface area contributed by atoms with E-state index in [0.717, 1.165) is 50.3 Å². The first kappa shape index (κ1) is 17.8. The van der Waals surface area contributed by atoms with E-state index < -0.39 is 0 Å². The summed E-state index contributed by atoms with van der Waals surface area (Å²) < 4.78 is 1.93. The summed E-state index contributed by atoms with van der Waals surface area (Å²) in [7, 11) is 0. The topological polar surface area (TPSA) is 63.9 Å². The molecule has 3 aliphatic rings. The lowest BCUT2D eigenvalue weighted by molar-refractivity contribution is -0.135. The minimum Gasteiger partial charge on any atom is -0.342 e. The highest BCUT2D eigenvalue weighted by atomic mass is 16.2. The summed E-state index contributed by atoms with van der Waals surface area (Å²) in [4.78, 5) is 19.4. The minimum atomic E-state index is 0.334. The maximum absolute atomic E-state index is 13.0. The molecule has 0 bridgehead atoms. The van der Waals surface area contributed by atoms with Gasteiger partial charge in [-0.2, -0.15) is 0 Å². The van der Waals surface area contributed by atoms with Gasteiger partial charge in [0.2, 0.25) is 5.91 Å². The van der Waals surface area contributed by atoms with Crippen LogP contribution in [0.3, 0.4) is 0 Å². The minimum absolute atomic E-state index is 0.334. The quantitative estimate of drug-likeness (QED) is 0.815. The fourth-order valence-electron chi connectivity index (χ4n) is 5.35. The molecule has 0 N–H and O–H groups in total. The van der Waals surface area contributed by atoms with Gasteiger partial charge in [-0.05, 0) is 55.6 Å². The number of piperidine rings is 1. The predicted molar refractivity (Wildman–Crippen MR) is 106 cm³/mol. The van der Waals surface area contributed by atoms with Gasteiger partial charge in [-0.15, -0.1) is 5.10 Å². The van der Waals surface area contributed by atoms with Crippen molar-refractivity contribution >= 4 is 5.91 Å². The number of hydrogen-bond donors (Lipinski definition) is 0. The molecule has 148 valence electrons. The Hall–Kier alpha value is -2.24. The second kappa shape index (κ2) is 7.30. The molecule has 2 aromatic heterocycles. The lowest BCUT2D eigenvalue weighted by Gasteiger charge is -2.33. The fourth-order valence-corrected chi connectivity index (χ4v) is 5.35. The third-order valence-electron chi connectivity index (χ3n) is 7.17.